The highest BCUT2D eigenvalue weighted by Gasteiger charge is 2.50. The average molecular weight is 185 g/mol. The molecule has 13 heavy (non-hydrogen) atoms. The molecule has 2 nitrogen and oxygen atoms in total. The summed E-state index contributed by atoms with van der Waals surface area (Å²) in [5.41, 5.74) is 0.323. The first-order valence-corrected chi connectivity index (χ1v) is 5.16. The van der Waals surface area contributed by atoms with E-state index in [1.165, 1.54) is 6.42 Å². The van der Waals surface area contributed by atoms with Crippen molar-refractivity contribution in [2.75, 3.05) is 14.1 Å². The van der Waals surface area contributed by atoms with Crippen molar-refractivity contribution in [1.82, 2.24) is 4.90 Å². The van der Waals surface area contributed by atoms with Crippen molar-refractivity contribution in [2.24, 2.45) is 11.3 Å². The molecule has 1 saturated heterocycles. The second-order valence-corrected chi connectivity index (χ2v) is 5.50. The lowest BCUT2D eigenvalue weighted by molar-refractivity contribution is 0.195. The van der Waals surface area contributed by atoms with Gasteiger partial charge in [-0.2, -0.15) is 0 Å². The van der Waals surface area contributed by atoms with E-state index in [2.05, 4.69) is 46.7 Å². The van der Waals surface area contributed by atoms with Crippen LogP contribution in [0.15, 0.2) is 0 Å². The van der Waals surface area contributed by atoms with Crippen LogP contribution in [0.5, 0.6) is 0 Å². The Morgan fingerprint density at radius 2 is 1.85 bits per heavy atom. The topological polar surface area (TPSA) is 15.8 Å². The van der Waals surface area contributed by atoms with Crippen molar-refractivity contribution in [3.8, 4) is 0 Å². The Bertz CT molecular complexity index is 175. The Hall–Kier alpha value is -0.0800. The van der Waals surface area contributed by atoms with Crippen LogP contribution in [0.2, 0.25) is 0 Å². The molecule has 78 valence electrons. The largest absolute Gasteiger partial charge is 0.352 e. The maximum Gasteiger partial charge on any atom is 0.137 e. The van der Waals surface area contributed by atoms with Crippen LogP contribution >= 0.6 is 0 Å². The van der Waals surface area contributed by atoms with E-state index in [0.717, 1.165) is 5.92 Å². The van der Waals surface area contributed by atoms with Crippen molar-refractivity contribution in [3.05, 3.63) is 0 Å². The Morgan fingerprint density at radius 3 is 2.15 bits per heavy atom. The van der Waals surface area contributed by atoms with Gasteiger partial charge in [0.15, 0.2) is 0 Å². The third-order valence-corrected chi connectivity index (χ3v) is 2.68. The number of ether oxygens (including phenoxy) is 1. The predicted molar refractivity (Wildman–Crippen MR) is 55.6 cm³/mol. The summed E-state index contributed by atoms with van der Waals surface area (Å²) in [4.78, 5) is 2.16. The van der Waals surface area contributed by atoms with Gasteiger partial charge in [-0.25, -0.2) is 0 Å². The molecule has 0 aromatic rings. The maximum absolute atomic E-state index is 5.67. The average Bonchev–Trinajstić information content (AvgIpc) is 2.59. The summed E-state index contributed by atoms with van der Waals surface area (Å²) >= 11 is 0. The summed E-state index contributed by atoms with van der Waals surface area (Å²) in [6.07, 6.45) is 2.03. The number of epoxide rings is 1. The molecule has 0 radical (unpaired) electrons. The summed E-state index contributed by atoms with van der Waals surface area (Å²) in [6, 6.07) is 0. The van der Waals surface area contributed by atoms with E-state index in [1.54, 1.807) is 0 Å². The highest BCUT2D eigenvalue weighted by molar-refractivity contribution is 4.94. The number of hydrogen-bond acceptors (Lipinski definition) is 2. The third-order valence-electron chi connectivity index (χ3n) is 2.68. The minimum atomic E-state index is 0.323. The molecule has 2 unspecified atom stereocenters. The minimum Gasteiger partial charge on any atom is -0.352 e. The molecule has 0 aromatic heterocycles. The summed E-state index contributed by atoms with van der Waals surface area (Å²) in [5, 5.41) is 0. The summed E-state index contributed by atoms with van der Waals surface area (Å²) in [5.74, 6) is 0.752. The quantitative estimate of drug-likeness (QED) is 0.625. The van der Waals surface area contributed by atoms with Crippen LogP contribution in [0.1, 0.15) is 34.1 Å². The number of likely N-dealkylation sites (N-methyl/N-ethyl adjacent to an activating group) is 1. The molecule has 2 atom stereocenters. The molecule has 0 amide bonds. The van der Waals surface area contributed by atoms with Crippen LogP contribution < -0.4 is 0 Å². The van der Waals surface area contributed by atoms with E-state index in [1.807, 2.05) is 0 Å². The molecule has 1 aliphatic rings. The maximum atomic E-state index is 5.67. The molecule has 0 spiro atoms. The van der Waals surface area contributed by atoms with Crippen LogP contribution in [0, 0.1) is 11.3 Å². The minimum absolute atomic E-state index is 0.323. The van der Waals surface area contributed by atoms with Crippen molar-refractivity contribution in [2.45, 2.75) is 46.4 Å². The zero-order valence-electron chi connectivity index (χ0n) is 9.79. The third kappa shape index (κ3) is 2.68. The van der Waals surface area contributed by atoms with Crippen LogP contribution in [-0.2, 0) is 4.74 Å². The fourth-order valence-electron chi connectivity index (χ4n) is 2.24. The fourth-order valence-corrected chi connectivity index (χ4v) is 2.24. The smallest absolute Gasteiger partial charge is 0.137 e. The standard InChI is InChI=1S/C11H23NO/c1-8(2)7-11(3,4)9-10(13-9)12(5)6/h8-10H,7H2,1-6H3. The van der Waals surface area contributed by atoms with Gasteiger partial charge in [-0.15, -0.1) is 0 Å². The van der Waals surface area contributed by atoms with Gasteiger partial charge in [0, 0.05) is 0 Å². The Balaban J connectivity index is 2.44. The highest BCUT2D eigenvalue weighted by Crippen LogP contribution is 2.43. The van der Waals surface area contributed by atoms with Gasteiger partial charge in [0.1, 0.15) is 12.3 Å². The van der Waals surface area contributed by atoms with E-state index < -0.39 is 0 Å². The lowest BCUT2D eigenvalue weighted by atomic mass is 9.80. The molecule has 1 heterocycles. The monoisotopic (exact) mass is 185 g/mol. The molecular formula is C11H23NO. The van der Waals surface area contributed by atoms with E-state index >= 15 is 0 Å². The summed E-state index contributed by atoms with van der Waals surface area (Å²) in [7, 11) is 4.16. The van der Waals surface area contributed by atoms with E-state index in [9.17, 15) is 0 Å². The second-order valence-electron chi connectivity index (χ2n) is 5.50. The second kappa shape index (κ2) is 3.58. The van der Waals surface area contributed by atoms with Gasteiger partial charge in [0.05, 0.1) is 0 Å². The first-order chi connectivity index (χ1) is 5.84. The molecule has 1 fully saturated rings. The van der Waals surface area contributed by atoms with Gasteiger partial charge in [0.25, 0.3) is 0 Å². The van der Waals surface area contributed by atoms with Crippen LogP contribution in [0.3, 0.4) is 0 Å². The molecule has 0 aromatic carbocycles. The van der Waals surface area contributed by atoms with E-state index in [-0.39, 0.29) is 0 Å². The van der Waals surface area contributed by atoms with Crippen LogP contribution in [0.4, 0.5) is 0 Å². The zero-order valence-corrected chi connectivity index (χ0v) is 9.79. The molecule has 1 rings (SSSR count). The molecule has 2 heteroatoms. The zero-order chi connectivity index (χ0) is 10.2. The summed E-state index contributed by atoms with van der Waals surface area (Å²) in [6.45, 7) is 9.16. The fraction of sp³-hybridized carbons (Fsp3) is 1.00. The SMILES string of the molecule is CC(C)CC(C)(C)C1OC1N(C)C. The molecular weight excluding hydrogens is 162 g/mol. The lowest BCUT2D eigenvalue weighted by Crippen LogP contribution is -2.28. The van der Waals surface area contributed by atoms with Crippen molar-refractivity contribution >= 4 is 0 Å². The Morgan fingerprint density at radius 1 is 1.31 bits per heavy atom. The molecule has 0 N–H and O–H groups in total. The van der Waals surface area contributed by atoms with Gasteiger partial charge in [-0.3, -0.25) is 4.90 Å². The first kappa shape index (κ1) is 11.0. The van der Waals surface area contributed by atoms with E-state index in [0.29, 0.717) is 17.7 Å². The number of rotatable bonds is 4. The number of hydrogen-bond donors (Lipinski definition) is 0. The van der Waals surface area contributed by atoms with Gasteiger partial charge >= 0.3 is 0 Å². The molecule has 0 bridgehead atoms. The number of nitrogens with zero attached hydrogens (tertiary/aromatic N) is 1. The Labute approximate surface area is 82.3 Å². The van der Waals surface area contributed by atoms with Gasteiger partial charge in [0.2, 0.25) is 0 Å². The van der Waals surface area contributed by atoms with Gasteiger partial charge in [-0.1, -0.05) is 27.7 Å². The van der Waals surface area contributed by atoms with Crippen LogP contribution in [0.25, 0.3) is 0 Å². The molecule has 1 aliphatic heterocycles. The first-order valence-electron chi connectivity index (χ1n) is 5.16. The molecule has 0 saturated carbocycles. The Kier molecular flexibility index (Phi) is 3.03. The van der Waals surface area contributed by atoms with E-state index in [4.69, 9.17) is 4.74 Å². The van der Waals surface area contributed by atoms with Gasteiger partial charge < -0.3 is 4.74 Å². The van der Waals surface area contributed by atoms with Crippen molar-refractivity contribution in [3.63, 3.8) is 0 Å². The van der Waals surface area contributed by atoms with Gasteiger partial charge in [-0.05, 0) is 31.8 Å². The summed E-state index contributed by atoms with van der Waals surface area (Å²) < 4.78 is 5.67. The van der Waals surface area contributed by atoms with Crippen LogP contribution in [-0.4, -0.2) is 31.3 Å². The highest BCUT2D eigenvalue weighted by atomic mass is 16.6. The van der Waals surface area contributed by atoms with Crippen molar-refractivity contribution in [1.29, 1.82) is 0 Å². The molecule has 0 aliphatic carbocycles. The lowest BCUT2D eigenvalue weighted by Gasteiger charge is -2.25. The predicted octanol–water partition coefficient (Wildman–Crippen LogP) is 2.35. The normalized spacial score (nSPS) is 28.6. The van der Waals surface area contributed by atoms with Crippen molar-refractivity contribution < 1.29 is 4.74 Å².